The minimum atomic E-state index is -4.35. The average Bonchev–Trinajstić information content (AvgIpc) is 2.95. The molecule has 3 rings (SSSR count). The van der Waals surface area contributed by atoms with E-state index in [2.05, 4.69) is 30.4 Å². The highest BCUT2D eigenvalue weighted by Crippen LogP contribution is 2.30. The van der Waals surface area contributed by atoms with Crippen molar-refractivity contribution < 1.29 is 13.2 Å². The molecule has 0 fully saturated rings. The third kappa shape index (κ3) is 7.08. The number of nitrogens with one attached hydrogen (secondary N) is 2. The lowest BCUT2D eigenvalue weighted by Gasteiger charge is -2.19. The summed E-state index contributed by atoms with van der Waals surface area (Å²) in [5.41, 5.74) is -0.0945. The van der Waals surface area contributed by atoms with Gasteiger partial charge in [0.25, 0.3) is 0 Å². The number of guanidine groups is 1. The maximum absolute atomic E-state index is 12.9. The second kappa shape index (κ2) is 11.7. The summed E-state index contributed by atoms with van der Waals surface area (Å²) in [6.07, 6.45) is 1.89. The van der Waals surface area contributed by atoms with Gasteiger partial charge in [-0.3, -0.25) is 4.99 Å². The van der Waals surface area contributed by atoms with Crippen LogP contribution in [0.2, 0.25) is 0 Å². The van der Waals surface area contributed by atoms with Crippen LogP contribution in [0, 0.1) is 0 Å². The van der Waals surface area contributed by atoms with Crippen molar-refractivity contribution in [3.05, 3.63) is 47.0 Å². The third-order valence-corrected chi connectivity index (χ3v) is 5.35. The predicted molar refractivity (Wildman–Crippen MR) is 126 cm³/mol. The molecule has 1 aromatic carbocycles. The zero-order valence-electron chi connectivity index (χ0n) is 17.9. The molecule has 1 aliphatic rings. The molecule has 0 saturated heterocycles. The van der Waals surface area contributed by atoms with Gasteiger partial charge in [0, 0.05) is 33.0 Å². The lowest BCUT2D eigenvalue weighted by Crippen LogP contribution is -2.39. The van der Waals surface area contributed by atoms with E-state index in [-0.39, 0.29) is 30.0 Å². The Hall–Kier alpha value is -1.85. The molecule has 0 amide bonds. The number of fused-ring (bicyclic) bond motifs is 1. The Labute approximate surface area is 198 Å². The summed E-state index contributed by atoms with van der Waals surface area (Å²) in [4.78, 5) is 4.18. The number of alkyl halides is 3. The summed E-state index contributed by atoms with van der Waals surface area (Å²) >= 11 is 0. The summed E-state index contributed by atoms with van der Waals surface area (Å²) in [6.45, 7) is 3.48. The molecule has 172 valence electrons. The number of nitrogens with zero attached hydrogens (tertiary/aromatic N) is 4. The number of halogens is 4. The van der Waals surface area contributed by atoms with Gasteiger partial charge in [-0.05, 0) is 43.9 Å². The first-order valence-electron chi connectivity index (χ1n) is 10.4. The Balaban J connectivity index is 0.00000341. The highest BCUT2D eigenvalue weighted by Gasteiger charge is 2.30. The Morgan fingerprint density at radius 3 is 2.77 bits per heavy atom. The number of hydrogen-bond acceptors (Lipinski definition) is 3. The second-order valence-corrected chi connectivity index (χ2v) is 7.59. The van der Waals surface area contributed by atoms with Crippen molar-refractivity contribution >= 4 is 29.9 Å². The van der Waals surface area contributed by atoms with Crippen LogP contribution >= 0.6 is 24.0 Å². The van der Waals surface area contributed by atoms with E-state index in [1.54, 1.807) is 13.1 Å². The predicted octanol–water partition coefficient (Wildman–Crippen LogP) is 4.50. The molecule has 2 heterocycles. The largest absolute Gasteiger partial charge is 0.416 e. The first-order valence-corrected chi connectivity index (χ1v) is 10.4. The van der Waals surface area contributed by atoms with Gasteiger partial charge in [0.05, 0.1) is 11.6 Å². The van der Waals surface area contributed by atoms with Gasteiger partial charge in [-0.1, -0.05) is 18.6 Å². The first kappa shape index (κ1) is 25.4. The zero-order valence-corrected chi connectivity index (χ0v) is 20.2. The number of aliphatic imine (C=N–C) groups is 1. The van der Waals surface area contributed by atoms with Crippen molar-refractivity contribution in [3.8, 4) is 0 Å². The number of rotatable bonds is 6. The van der Waals surface area contributed by atoms with Gasteiger partial charge in [-0.2, -0.15) is 13.2 Å². The van der Waals surface area contributed by atoms with E-state index in [0.717, 1.165) is 43.5 Å². The second-order valence-electron chi connectivity index (χ2n) is 7.59. The SMILES string of the molecule is CN=C(NCCCc1nnc2n1CCCCC2)NC(C)c1cccc(C(F)(F)F)c1.I. The van der Waals surface area contributed by atoms with Crippen molar-refractivity contribution in [2.45, 2.75) is 64.2 Å². The average molecular weight is 550 g/mol. The molecule has 10 heteroatoms. The van der Waals surface area contributed by atoms with Gasteiger partial charge in [0.2, 0.25) is 0 Å². The van der Waals surface area contributed by atoms with E-state index in [4.69, 9.17) is 0 Å². The van der Waals surface area contributed by atoms with E-state index in [1.807, 2.05) is 6.92 Å². The Morgan fingerprint density at radius 1 is 1.23 bits per heavy atom. The van der Waals surface area contributed by atoms with Crippen LogP contribution in [0.15, 0.2) is 29.3 Å². The van der Waals surface area contributed by atoms with Crippen LogP contribution in [-0.4, -0.2) is 34.3 Å². The van der Waals surface area contributed by atoms with Crippen LogP contribution in [0.3, 0.4) is 0 Å². The third-order valence-electron chi connectivity index (χ3n) is 5.35. The fourth-order valence-electron chi connectivity index (χ4n) is 3.65. The van der Waals surface area contributed by atoms with Crippen molar-refractivity contribution in [2.24, 2.45) is 4.99 Å². The molecule has 2 aromatic rings. The molecule has 0 aliphatic carbocycles. The van der Waals surface area contributed by atoms with Crippen LogP contribution in [0.4, 0.5) is 13.2 Å². The monoisotopic (exact) mass is 550 g/mol. The number of aryl methyl sites for hydroxylation is 2. The van der Waals surface area contributed by atoms with Crippen molar-refractivity contribution in [1.82, 2.24) is 25.4 Å². The molecular weight excluding hydrogens is 520 g/mol. The summed E-state index contributed by atoms with van der Waals surface area (Å²) in [6, 6.07) is 5.03. The molecular formula is C21H30F3IN6. The van der Waals surface area contributed by atoms with Crippen LogP contribution < -0.4 is 10.6 Å². The molecule has 1 aliphatic heterocycles. The lowest BCUT2D eigenvalue weighted by atomic mass is 10.1. The minimum absolute atomic E-state index is 0. The molecule has 0 spiro atoms. The Kier molecular flexibility index (Phi) is 9.57. The van der Waals surface area contributed by atoms with E-state index in [0.29, 0.717) is 18.1 Å². The number of aromatic nitrogens is 3. The van der Waals surface area contributed by atoms with Gasteiger partial charge in [0.1, 0.15) is 11.6 Å². The van der Waals surface area contributed by atoms with Crippen LogP contribution in [0.25, 0.3) is 0 Å². The maximum Gasteiger partial charge on any atom is 0.416 e. The fraction of sp³-hybridized carbons (Fsp3) is 0.571. The quantitative estimate of drug-likeness (QED) is 0.241. The van der Waals surface area contributed by atoms with E-state index < -0.39 is 11.7 Å². The van der Waals surface area contributed by atoms with Gasteiger partial charge in [-0.25, -0.2) is 0 Å². The molecule has 0 saturated carbocycles. The number of benzene rings is 1. The van der Waals surface area contributed by atoms with Gasteiger partial charge in [0.15, 0.2) is 5.96 Å². The van der Waals surface area contributed by atoms with Crippen LogP contribution in [0.5, 0.6) is 0 Å². The van der Waals surface area contributed by atoms with E-state index in [9.17, 15) is 13.2 Å². The van der Waals surface area contributed by atoms with Crippen molar-refractivity contribution in [2.75, 3.05) is 13.6 Å². The number of hydrogen-bond donors (Lipinski definition) is 2. The molecule has 1 aromatic heterocycles. The highest BCUT2D eigenvalue weighted by atomic mass is 127. The van der Waals surface area contributed by atoms with Gasteiger partial charge in [-0.15, -0.1) is 34.2 Å². The van der Waals surface area contributed by atoms with Crippen molar-refractivity contribution in [3.63, 3.8) is 0 Å². The summed E-state index contributed by atoms with van der Waals surface area (Å²) in [7, 11) is 1.65. The first-order chi connectivity index (χ1) is 14.4. The Morgan fingerprint density at radius 2 is 2.03 bits per heavy atom. The summed E-state index contributed by atoms with van der Waals surface area (Å²) < 4.78 is 41.1. The molecule has 0 bridgehead atoms. The van der Waals surface area contributed by atoms with Gasteiger partial charge >= 0.3 is 6.18 Å². The smallest absolute Gasteiger partial charge is 0.356 e. The molecule has 6 nitrogen and oxygen atoms in total. The Bertz CT molecular complexity index is 865. The molecule has 31 heavy (non-hydrogen) atoms. The molecule has 2 N–H and O–H groups in total. The fourth-order valence-corrected chi connectivity index (χ4v) is 3.65. The standard InChI is InChI=1S/C21H29F3N6.HI/c1-15(16-8-6-9-17(14-16)21(22,23)24)27-20(25-2)26-12-7-11-19-29-28-18-10-4-3-5-13-30(18)19;/h6,8-9,14-15H,3-5,7,10-13H2,1-2H3,(H2,25,26,27);1H. The maximum atomic E-state index is 12.9. The summed E-state index contributed by atoms with van der Waals surface area (Å²) in [5.74, 6) is 2.66. The molecule has 1 unspecified atom stereocenters. The lowest BCUT2D eigenvalue weighted by molar-refractivity contribution is -0.137. The normalized spacial score (nSPS) is 15.5. The van der Waals surface area contributed by atoms with Crippen LogP contribution in [-0.2, 0) is 25.6 Å². The van der Waals surface area contributed by atoms with Crippen LogP contribution in [0.1, 0.15) is 61.4 Å². The molecule has 0 radical (unpaired) electrons. The molecule has 1 atom stereocenters. The summed E-state index contributed by atoms with van der Waals surface area (Å²) in [5, 5.41) is 15.0. The van der Waals surface area contributed by atoms with E-state index in [1.165, 1.54) is 31.4 Å². The highest BCUT2D eigenvalue weighted by molar-refractivity contribution is 14.0. The van der Waals surface area contributed by atoms with Gasteiger partial charge < -0.3 is 15.2 Å². The topological polar surface area (TPSA) is 67.1 Å². The zero-order chi connectivity index (χ0) is 21.6. The van der Waals surface area contributed by atoms with Crippen molar-refractivity contribution in [1.29, 1.82) is 0 Å². The van der Waals surface area contributed by atoms with E-state index >= 15 is 0 Å². The minimum Gasteiger partial charge on any atom is -0.356 e.